The van der Waals surface area contributed by atoms with Crippen LogP contribution in [0.15, 0.2) is 59.1 Å². The average Bonchev–Trinajstić information content (AvgIpc) is 3.15. The lowest BCUT2D eigenvalue weighted by molar-refractivity contribution is -0.121. The van der Waals surface area contributed by atoms with Gasteiger partial charge in [-0.05, 0) is 24.1 Å². The Morgan fingerprint density at radius 1 is 1.18 bits per heavy atom. The lowest BCUT2D eigenvalue weighted by Crippen LogP contribution is -2.28. The first-order chi connectivity index (χ1) is 13.6. The van der Waals surface area contributed by atoms with Crippen LogP contribution in [0.25, 0.3) is 11.3 Å². The van der Waals surface area contributed by atoms with Gasteiger partial charge in [0.05, 0.1) is 17.8 Å². The zero-order valence-electron chi connectivity index (χ0n) is 15.6. The van der Waals surface area contributed by atoms with Crippen LogP contribution in [0.4, 0.5) is 8.78 Å². The molecule has 146 valence electrons. The molecule has 0 aliphatic rings. The van der Waals surface area contributed by atoms with Crippen LogP contribution >= 0.6 is 0 Å². The van der Waals surface area contributed by atoms with Crippen molar-refractivity contribution in [2.24, 2.45) is 0 Å². The first kappa shape index (κ1) is 19.7. The van der Waals surface area contributed by atoms with Crippen LogP contribution in [-0.4, -0.2) is 10.9 Å². The van der Waals surface area contributed by atoms with E-state index in [0.29, 0.717) is 12.3 Å². The third-order valence-electron chi connectivity index (χ3n) is 4.43. The normalized spacial score (nSPS) is 12.0. The number of hydrogen-bond donors (Lipinski definition) is 1. The number of hydrogen-bond acceptors (Lipinski definition) is 3. The van der Waals surface area contributed by atoms with Gasteiger partial charge in [-0.3, -0.25) is 4.79 Å². The lowest BCUT2D eigenvalue weighted by Gasteiger charge is -2.18. The van der Waals surface area contributed by atoms with Gasteiger partial charge < -0.3 is 9.73 Å². The lowest BCUT2D eigenvalue weighted by atomic mass is 10.0. The number of benzene rings is 2. The Kier molecular flexibility index (Phi) is 6.53. The van der Waals surface area contributed by atoms with Gasteiger partial charge >= 0.3 is 0 Å². The number of nitrogens with one attached hydrogen (secondary N) is 1. The van der Waals surface area contributed by atoms with E-state index in [9.17, 15) is 13.6 Å². The molecule has 1 heterocycles. The van der Waals surface area contributed by atoms with Crippen molar-refractivity contribution in [2.45, 2.75) is 38.6 Å². The summed E-state index contributed by atoms with van der Waals surface area (Å²) in [6.07, 6.45) is 3.68. The Hall–Kier alpha value is -3.02. The third-order valence-corrected chi connectivity index (χ3v) is 4.43. The second-order valence-electron chi connectivity index (χ2n) is 6.56. The molecule has 6 heteroatoms. The van der Waals surface area contributed by atoms with Crippen molar-refractivity contribution in [1.29, 1.82) is 0 Å². The van der Waals surface area contributed by atoms with Gasteiger partial charge in [0, 0.05) is 18.9 Å². The van der Waals surface area contributed by atoms with Gasteiger partial charge in [0.2, 0.25) is 5.91 Å². The molecule has 1 amide bonds. The van der Waals surface area contributed by atoms with Crippen molar-refractivity contribution in [1.82, 2.24) is 10.3 Å². The average molecular weight is 384 g/mol. The Morgan fingerprint density at radius 2 is 1.96 bits per heavy atom. The van der Waals surface area contributed by atoms with Crippen LogP contribution in [-0.2, 0) is 11.2 Å². The highest BCUT2D eigenvalue weighted by Gasteiger charge is 2.16. The molecule has 0 aliphatic heterocycles. The van der Waals surface area contributed by atoms with Gasteiger partial charge in [-0.1, -0.05) is 43.7 Å². The topological polar surface area (TPSA) is 55.1 Å². The Balaban J connectivity index is 1.59. The zero-order chi connectivity index (χ0) is 19.9. The molecule has 0 fully saturated rings. The van der Waals surface area contributed by atoms with E-state index < -0.39 is 11.6 Å². The maximum Gasteiger partial charge on any atom is 0.220 e. The van der Waals surface area contributed by atoms with E-state index >= 15 is 0 Å². The molecule has 0 bridgehead atoms. The minimum atomic E-state index is -0.717. The van der Waals surface area contributed by atoms with Crippen LogP contribution < -0.4 is 5.32 Å². The van der Waals surface area contributed by atoms with E-state index in [0.717, 1.165) is 30.5 Å². The van der Waals surface area contributed by atoms with Crippen LogP contribution in [0.2, 0.25) is 0 Å². The summed E-state index contributed by atoms with van der Waals surface area (Å²) < 4.78 is 32.4. The molecule has 0 saturated carbocycles. The minimum absolute atomic E-state index is 0.0351. The number of carbonyl (C=O) groups excluding carboxylic acids is 1. The van der Waals surface area contributed by atoms with Gasteiger partial charge in [0.15, 0.2) is 11.7 Å². The van der Waals surface area contributed by atoms with Crippen LogP contribution in [0.5, 0.6) is 0 Å². The predicted molar refractivity (Wildman–Crippen MR) is 102 cm³/mol. The van der Waals surface area contributed by atoms with Crippen molar-refractivity contribution in [3.8, 4) is 11.3 Å². The zero-order valence-corrected chi connectivity index (χ0v) is 15.6. The fraction of sp³-hybridized carbons (Fsp3) is 0.273. The van der Waals surface area contributed by atoms with Gasteiger partial charge in [-0.2, -0.15) is 0 Å². The SMILES string of the molecule is CCC[C@@H](NC(=O)CCc1ncc(-c2ccc(F)cc2F)o1)c1ccccc1. The number of rotatable bonds is 8. The Morgan fingerprint density at radius 3 is 2.68 bits per heavy atom. The fourth-order valence-corrected chi connectivity index (χ4v) is 3.02. The van der Waals surface area contributed by atoms with E-state index in [2.05, 4.69) is 17.2 Å². The third kappa shape index (κ3) is 5.03. The first-order valence-corrected chi connectivity index (χ1v) is 9.31. The van der Waals surface area contributed by atoms with Crippen molar-refractivity contribution >= 4 is 5.91 Å². The number of oxazole rings is 1. The monoisotopic (exact) mass is 384 g/mol. The maximum absolute atomic E-state index is 13.8. The molecule has 2 aromatic carbocycles. The summed E-state index contributed by atoms with van der Waals surface area (Å²) >= 11 is 0. The van der Waals surface area contributed by atoms with Crippen LogP contribution in [0.3, 0.4) is 0 Å². The number of carbonyl (C=O) groups is 1. The highest BCUT2D eigenvalue weighted by atomic mass is 19.1. The molecular formula is C22H22F2N2O2. The maximum atomic E-state index is 13.8. The van der Waals surface area contributed by atoms with Gasteiger partial charge in [0.1, 0.15) is 11.6 Å². The first-order valence-electron chi connectivity index (χ1n) is 9.31. The standard InChI is InChI=1S/C22H22F2N2O2/c1-2-6-19(15-7-4-3-5-8-15)26-21(27)11-12-22-25-14-20(28-22)17-10-9-16(23)13-18(17)24/h3-5,7-10,13-14,19H,2,6,11-12H2,1H3,(H,26,27)/t19-/m1/s1. The van der Waals surface area contributed by atoms with Crippen molar-refractivity contribution in [3.05, 3.63) is 77.8 Å². The molecule has 3 rings (SSSR count). The van der Waals surface area contributed by atoms with Crippen molar-refractivity contribution in [2.75, 3.05) is 0 Å². The summed E-state index contributed by atoms with van der Waals surface area (Å²) in [5.74, 6) is -0.930. The number of amides is 1. The summed E-state index contributed by atoms with van der Waals surface area (Å²) in [4.78, 5) is 16.5. The van der Waals surface area contributed by atoms with Crippen molar-refractivity contribution < 1.29 is 18.0 Å². The molecule has 0 radical (unpaired) electrons. The molecule has 0 aliphatic carbocycles. The number of aromatic nitrogens is 1. The number of nitrogens with zero attached hydrogens (tertiary/aromatic N) is 1. The van der Waals surface area contributed by atoms with Crippen LogP contribution in [0.1, 0.15) is 43.7 Å². The van der Waals surface area contributed by atoms with E-state index in [4.69, 9.17) is 4.42 Å². The quantitative estimate of drug-likeness (QED) is 0.580. The van der Waals surface area contributed by atoms with Gasteiger partial charge in [0.25, 0.3) is 0 Å². The second-order valence-corrected chi connectivity index (χ2v) is 6.56. The molecule has 3 aromatic rings. The molecule has 28 heavy (non-hydrogen) atoms. The molecule has 4 nitrogen and oxygen atoms in total. The summed E-state index contributed by atoms with van der Waals surface area (Å²) in [6.45, 7) is 2.07. The highest BCUT2D eigenvalue weighted by molar-refractivity contribution is 5.76. The summed E-state index contributed by atoms with van der Waals surface area (Å²) in [5, 5.41) is 3.05. The Bertz CT molecular complexity index is 925. The second kappa shape index (κ2) is 9.26. The van der Waals surface area contributed by atoms with Crippen LogP contribution in [0, 0.1) is 11.6 Å². The summed E-state index contributed by atoms with van der Waals surface area (Å²) in [5.41, 5.74) is 1.21. The van der Waals surface area contributed by atoms with Crippen molar-refractivity contribution in [3.63, 3.8) is 0 Å². The van der Waals surface area contributed by atoms with E-state index in [1.54, 1.807) is 0 Å². The molecule has 1 N–H and O–H groups in total. The molecule has 0 saturated heterocycles. The summed E-state index contributed by atoms with van der Waals surface area (Å²) in [6, 6.07) is 13.1. The molecule has 0 spiro atoms. The van der Waals surface area contributed by atoms with E-state index in [-0.39, 0.29) is 29.7 Å². The summed E-state index contributed by atoms with van der Waals surface area (Å²) in [7, 11) is 0. The predicted octanol–water partition coefficient (Wildman–Crippen LogP) is 5.21. The molecular weight excluding hydrogens is 362 g/mol. The Labute approximate surface area is 162 Å². The molecule has 1 aromatic heterocycles. The molecule has 1 atom stereocenters. The smallest absolute Gasteiger partial charge is 0.220 e. The largest absolute Gasteiger partial charge is 0.441 e. The minimum Gasteiger partial charge on any atom is -0.441 e. The molecule has 0 unspecified atom stereocenters. The highest BCUT2D eigenvalue weighted by Crippen LogP contribution is 2.25. The number of aryl methyl sites for hydroxylation is 1. The van der Waals surface area contributed by atoms with E-state index in [1.165, 1.54) is 12.3 Å². The van der Waals surface area contributed by atoms with E-state index in [1.807, 2.05) is 30.3 Å². The fourth-order valence-electron chi connectivity index (χ4n) is 3.02. The number of halogens is 2. The van der Waals surface area contributed by atoms with Gasteiger partial charge in [-0.25, -0.2) is 13.8 Å². The van der Waals surface area contributed by atoms with Gasteiger partial charge in [-0.15, -0.1) is 0 Å².